The highest BCUT2D eigenvalue weighted by Crippen LogP contribution is 2.12. The van der Waals surface area contributed by atoms with Crippen LogP contribution in [0.5, 0.6) is 5.75 Å². The van der Waals surface area contributed by atoms with E-state index in [0.717, 1.165) is 17.7 Å². The van der Waals surface area contributed by atoms with Gasteiger partial charge in [0.2, 0.25) is 0 Å². The summed E-state index contributed by atoms with van der Waals surface area (Å²) < 4.78 is 5.36. The Hall–Kier alpha value is -1.59. The first-order valence-electron chi connectivity index (χ1n) is 6.43. The largest absolute Gasteiger partial charge is 0.494 e. The fourth-order valence-electron chi connectivity index (χ4n) is 1.68. The minimum Gasteiger partial charge on any atom is -0.494 e. The van der Waals surface area contributed by atoms with Crippen molar-refractivity contribution in [3.05, 3.63) is 29.8 Å². The van der Waals surface area contributed by atoms with E-state index in [-0.39, 0.29) is 12.5 Å². The molecular formula is C14H22N2O3. The van der Waals surface area contributed by atoms with Gasteiger partial charge in [0.25, 0.3) is 5.91 Å². The van der Waals surface area contributed by atoms with Gasteiger partial charge < -0.3 is 20.5 Å². The number of carbonyl (C=O) groups is 1. The summed E-state index contributed by atoms with van der Waals surface area (Å²) >= 11 is 0. The van der Waals surface area contributed by atoms with Crippen molar-refractivity contribution in [2.75, 3.05) is 26.7 Å². The van der Waals surface area contributed by atoms with E-state index in [2.05, 4.69) is 0 Å². The molecule has 0 fully saturated rings. The third-order valence-corrected chi connectivity index (χ3v) is 2.85. The summed E-state index contributed by atoms with van der Waals surface area (Å²) in [5.41, 5.74) is 6.37. The highest BCUT2D eigenvalue weighted by molar-refractivity contribution is 5.80. The number of aliphatic hydroxyl groups is 1. The van der Waals surface area contributed by atoms with E-state index < -0.39 is 6.10 Å². The maximum Gasteiger partial charge on any atom is 0.252 e. The van der Waals surface area contributed by atoms with E-state index in [0.29, 0.717) is 13.2 Å². The van der Waals surface area contributed by atoms with E-state index in [1.54, 1.807) is 7.05 Å². The molecule has 3 N–H and O–H groups in total. The standard InChI is InChI=1S/C14H22N2O3/c1-3-19-12-6-4-11(5-7-12)8-9-16(2)14(18)13(17)10-15/h4-7,13,17H,3,8-10,15H2,1-2H3. The van der Waals surface area contributed by atoms with Gasteiger partial charge in [-0.05, 0) is 31.0 Å². The van der Waals surface area contributed by atoms with Crippen molar-refractivity contribution in [2.45, 2.75) is 19.4 Å². The predicted octanol–water partition coefficient (Wildman–Crippen LogP) is 0.406. The van der Waals surface area contributed by atoms with Crippen LogP contribution in [0, 0.1) is 0 Å². The lowest BCUT2D eigenvalue weighted by Crippen LogP contribution is -2.41. The number of ether oxygens (including phenoxy) is 1. The smallest absolute Gasteiger partial charge is 0.252 e. The van der Waals surface area contributed by atoms with Crippen molar-refractivity contribution >= 4 is 5.91 Å². The van der Waals surface area contributed by atoms with E-state index in [1.807, 2.05) is 31.2 Å². The van der Waals surface area contributed by atoms with Crippen LogP contribution >= 0.6 is 0 Å². The predicted molar refractivity (Wildman–Crippen MR) is 74.0 cm³/mol. The van der Waals surface area contributed by atoms with Gasteiger partial charge in [0.05, 0.1) is 6.61 Å². The average molecular weight is 266 g/mol. The van der Waals surface area contributed by atoms with E-state index >= 15 is 0 Å². The lowest BCUT2D eigenvalue weighted by molar-refractivity contribution is -0.138. The molecule has 0 aromatic heterocycles. The highest BCUT2D eigenvalue weighted by Gasteiger charge is 2.17. The second-order valence-corrected chi connectivity index (χ2v) is 4.34. The van der Waals surface area contributed by atoms with Gasteiger partial charge in [0.15, 0.2) is 0 Å². The topological polar surface area (TPSA) is 75.8 Å². The Labute approximate surface area is 114 Å². The molecule has 106 valence electrons. The number of hydrogen-bond acceptors (Lipinski definition) is 4. The molecular weight excluding hydrogens is 244 g/mol. The van der Waals surface area contributed by atoms with Crippen LogP contribution in [0.25, 0.3) is 0 Å². The summed E-state index contributed by atoms with van der Waals surface area (Å²) in [6, 6.07) is 7.77. The SMILES string of the molecule is CCOc1ccc(CCN(C)C(=O)C(O)CN)cc1. The Morgan fingerprint density at radius 2 is 2.05 bits per heavy atom. The molecule has 0 saturated heterocycles. The summed E-state index contributed by atoms with van der Waals surface area (Å²) in [7, 11) is 1.66. The van der Waals surface area contributed by atoms with Crippen molar-refractivity contribution in [2.24, 2.45) is 5.73 Å². The summed E-state index contributed by atoms with van der Waals surface area (Å²) in [5, 5.41) is 9.36. The normalized spacial score (nSPS) is 12.0. The zero-order chi connectivity index (χ0) is 14.3. The van der Waals surface area contributed by atoms with E-state index in [9.17, 15) is 9.90 Å². The first-order valence-corrected chi connectivity index (χ1v) is 6.43. The van der Waals surface area contributed by atoms with Crippen LogP contribution in [0.2, 0.25) is 0 Å². The zero-order valence-electron chi connectivity index (χ0n) is 11.5. The Kier molecular flexibility index (Phi) is 6.32. The molecule has 1 rings (SSSR count). The van der Waals surface area contributed by atoms with Gasteiger partial charge in [-0.1, -0.05) is 12.1 Å². The average Bonchev–Trinajstić information content (AvgIpc) is 2.44. The van der Waals surface area contributed by atoms with Crippen LogP contribution in [0.15, 0.2) is 24.3 Å². The van der Waals surface area contributed by atoms with Crippen LogP contribution < -0.4 is 10.5 Å². The summed E-state index contributed by atoms with van der Waals surface area (Å²) in [6.07, 6.45) is -0.378. The monoisotopic (exact) mass is 266 g/mol. The number of likely N-dealkylation sites (N-methyl/N-ethyl adjacent to an activating group) is 1. The molecule has 0 bridgehead atoms. The van der Waals surface area contributed by atoms with Crippen molar-refractivity contribution in [3.8, 4) is 5.75 Å². The summed E-state index contributed by atoms with van der Waals surface area (Å²) in [4.78, 5) is 13.1. The molecule has 1 unspecified atom stereocenters. The Balaban J connectivity index is 2.45. The minimum atomic E-state index is -1.11. The third-order valence-electron chi connectivity index (χ3n) is 2.85. The second-order valence-electron chi connectivity index (χ2n) is 4.34. The van der Waals surface area contributed by atoms with Gasteiger partial charge in [-0.25, -0.2) is 0 Å². The van der Waals surface area contributed by atoms with Crippen molar-refractivity contribution in [1.82, 2.24) is 4.90 Å². The number of nitrogens with zero attached hydrogens (tertiary/aromatic N) is 1. The van der Waals surface area contributed by atoms with Gasteiger partial charge in [-0.3, -0.25) is 4.79 Å². The number of amides is 1. The molecule has 0 radical (unpaired) electrons. The molecule has 0 heterocycles. The Bertz CT molecular complexity index is 392. The van der Waals surface area contributed by atoms with E-state index in [1.165, 1.54) is 4.90 Å². The molecule has 1 amide bonds. The van der Waals surface area contributed by atoms with Crippen LogP contribution in [-0.4, -0.2) is 48.8 Å². The van der Waals surface area contributed by atoms with Crippen molar-refractivity contribution in [1.29, 1.82) is 0 Å². The zero-order valence-corrected chi connectivity index (χ0v) is 11.5. The van der Waals surface area contributed by atoms with Gasteiger partial charge in [0.1, 0.15) is 11.9 Å². The molecule has 5 nitrogen and oxygen atoms in total. The van der Waals surface area contributed by atoms with Crippen LogP contribution in [0.3, 0.4) is 0 Å². The number of benzene rings is 1. The van der Waals surface area contributed by atoms with E-state index in [4.69, 9.17) is 10.5 Å². The van der Waals surface area contributed by atoms with Gasteiger partial charge in [-0.2, -0.15) is 0 Å². The molecule has 19 heavy (non-hydrogen) atoms. The fraction of sp³-hybridized carbons (Fsp3) is 0.500. The summed E-state index contributed by atoms with van der Waals surface area (Å²) in [6.45, 7) is 3.08. The molecule has 0 saturated carbocycles. The molecule has 5 heteroatoms. The Morgan fingerprint density at radius 3 is 2.58 bits per heavy atom. The number of rotatable bonds is 7. The first-order chi connectivity index (χ1) is 9.08. The molecule has 0 aliphatic carbocycles. The van der Waals surface area contributed by atoms with Crippen LogP contribution in [0.4, 0.5) is 0 Å². The molecule has 0 spiro atoms. The van der Waals surface area contributed by atoms with Crippen LogP contribution in [0.1, 0.15) is 12.5 Å². The van der Waals surface area contributed by atoms with Gasteiger partial charge >= 0.3 is 0 Å². The quantitative estimate of drug-likeness (QED) is 0.749. The number of carbonyl (C=O) groups excluding carboxylic acids is 1. The van der Waals surface area contributed by atoms with Gasteiger partial charge in [-0.15, -0.1) is 0 Å². The third kappa shape index (κ3) is 4.89. The number of nitrogens with two attached hydrogens (primary N) is 1. The maximum atomic E-state index is 11.6. The van der Waals surface area contributed by atoms with Crippen molar-refractivity contribution < 1.29 is 14.6 Å². The molecule has 0 aliphatic heterocycles. The lowest BCUT2D eigenvalue weighted by Gasteiger charge is -2.19. The lowest BCUT2D eigenvalue weighted by atomic mass is 10.1. The number of aliphatic hydroxyl groups excluding tert-OH is 1. The number of hydrogen-bond donors (Lipinski definition) is 2. The molecule has 1 aromatic rings. The van der Waals surface area contributed by atoms with Gasteiger partial charge in [0, 0.05) is 20.1 Å². The van der Waals surface area contributed by atoms with Crippen molar-refractivity contribution in [3.63, 3.8) is 0 Å². The molecule has 1 aromatic carbocycles. The maximum absolute atomic E-state index is 11.6. The van der Waals surface area contributed by atoms with Crippen LogP contribution in [-0.2, 0) is 11.2 Å². The Morgan fingerprint density at radius 1 is 1.42 bits per heavy atom. The molecule has 0 aliphatic rings. The molecule has 1 atom stereocenters. The highest BCUT2D eigenvalue weighted by atomic mass is 16.5. The summed E-state index contributed by atoms with van der Waals surface area (Å²) in [5.74, 6) is 0.502. The second kappa shape index (κ2) is 7.76. The minimum absolute atomic E-state index is 0.0494. The fourth-order valence-corrected chi connectivity index (χ4v) is 1.68. The first kappa shape index (κ1) is 15.5.